The Kier molecular flexibility index (Phi) is 6.32. The van der Waals surface area contributed by atoms with E-state index in [1.165, 1.54) is 0 Å². The fourth-order valence-electron chi connectivity index (χ4n) is 3.52. The highest BCUT2D eigenvalue weighted by molar-refractivity contribution is 5.95. The van der Waals surface area contributed by atoms with Crippen molar-refractivity contribution in [2.24, 2.45) is 16.9 Å². The second-order valence-corrected chi connectivity index (χ2v) is 7.45. The van der Waals surface area contributed by atoms with E-state index in [1.54, 1.807) is 38.1 Å². The quantitative estimate of drug-likeness (QED) is 0.586. The summed E-state index contributed by atoms with van der Waals surface area (Å²) >= 11 is 0. The van der Waals surface area contributed by atoms with Crippen molar-refractivity contribution < 1.29 is 23.9 Å². The smallest absolute Gasteiger partial charge is 0.228 e. The standard InChI is InChI=1S/C19H25N3O5/c1-19(2,9-15(21)25)16(11-6-4-3-5-7-11)18(26)22-17-12(23)10-27-13(17)8-14(20)24/h3-7,13,16-17H,8-10H2,1-2H3,(H2,20,24)(H2,21,25)(H,22,26). The Bertz CT molecular complexity index is 732. The van der Waals surface area contributed by atoms with Crippen molar-refractivity contribution >= 4 is 23.5 Å². The predicted octanol–water partition coefficient (Wildman–Crippen LogP) is -0.0001000. The highest BCUT2D eigenvalue weighted by Gasteiger charge is 2.42. The van der Waals surface area contributed by atoms with E-state index in [1.807, 2.05) is 6.07 Å². The van der Waals surface area contributed by atoms with Gasteiger partial charge in [0.1, 0.15) is 12.6 Å². The number of carbonyl (C=O) groups is 4. The van der Waals surface area contributed by atoms with Crippen LogP contribution in [-0.2, 0) is 23.9 Å². The van der Waals surface area contributed by atoms with Gasteiger partial charge in [-0.25, -0.2) is 0 Å². The Labute approximate surface area is 157 Å². The molecule has 1 saturated heterocycles. The van der Waals surface area contributed by atoms with Gasteiger partial charge in [0.15, 0.2) is 5.78 Å². The SMILES string of the molecule is CC(C)(CC(N)=O)C(C(=O)NC1C(=O)COC1CC(N)=O)c1ccccc1. The second-order valence-electron chi connectivity index (χ2n) is 7.45. The summed E-state index contributed by atoms with van der Waals surface area (Å²) < 4.78 is 5.29. The molecule has 146 valence electrons. The molecule has 0 aromatic heterocycles. The van der Waals surface area contributed by atoms with Crippen LogP contribution in [0.1, 0.15) is 38.2 Å². The number of nitrogens with two attached hydrogens (primary N) is 2. The van der Waals surface area contributed by atoms with E-state index < -0.39 is 41.2 Å². The van der Waals surface area contributed by atoms with E-state index >= 15 is 0 Å². The van der Waals surface area contributed by atoms with Crippen LogP contribution in [0.3, 0.4) is 0 Å². The van der Waals surface area contributed by atoms with Gasteiger partial charge >= 0.3 is 0 Å². The number of ketones is 1. The van der Waals surface area contributed by atoms with E-state index in [0.717, 1.165) is 0 Å². The first-order valence-electron chi connectivity index (χ1n) is 8.68. The molecule has 3 atom stereocenters. The van der Waals surface area contributed by atoms with Crippen LogP contribution in [0.15, 0.2) is 30.3 Å². The number of Topliss-reactive ketones (excluding diaryl/α,β-unsaturated/α-hetero) is 1. The van der Waals surface area contributed by atoms with Gasteiger partial charge < -0.3 is 21.5 Å². The first kappa shape index (κ1) is 20.6. The molecule has 0 radical (unpaired) electrons. The van der Waals surface area contributed by atoms with Crippen molar-refractivity contribution in [2.75, 3.05) is 6.61 Å². The lowest BCUT2D eigenvalue weighted by molar-refractivity contribution is -0.131. The zero-order chi connectivity index (χ0) is 20.2. The summed E-state index contributed by atoms with van der Waals surface area (Å²) in [4.78, 5) is 47.9. The lowest BCUT2D eigenvalue weighted by Gasteiger charge is -2.34. The molecule has 0 saturated carbocycles. The van der Waals surface area contributed by atoms with Crippen molar-refractivity contribution in [3.05, 3.63) is 35.9 Å². The monoisotopic (exact) mass is 375 g/mol. The Morgan fingerprint density at radius 1 is 1.19 bits per heavy atom. The molecule has 0 spiro atoms. The number of primary amides is 2. The van der Waals surface area contributed by atoms with E-state index in [-0.39, 0.29) is 25.2 Å². The van der Waals surface area contributed by atoms with Crippen LogP contribution in [-0.4, -0.2) is 42.3 Å². The molecule has 3 amide bonds. The number of amides is 3. The number of nitrogens with one attached hydrogen (secondary N) is 1. The summed E-state index contributed by atoms with van der Waals surface area (Å²) in [5, 5.41) is 2.69. The highest BCUT2D eigenvalue weighted by atomic mass is 16.5. The Hall–Kier alpha value is -2.74. The number of ether oxygens (including phenoxy) is 1. The van der Waals surface area contributed by atoms with Gasteiger partial charge in [-0.15, -0.1) is 0 Å². The van der Waals surface area contributed by atoms with Gasteiger partial charge in [0, 0.05) is 6.42 Å². The van der Waals surface area contributed by atoms with Gasteiger partial charge in [0.2, 0.25) is 17.7 Å². The Morgan fingerprint density at radius 2 is 1.81 bits per heavy atom. The lowest BCUT2D eigenvalue weighted by atomic mass is 9.72. The molecule has 2 rings (SSSR count). The average molecular weight is 375 g/mol. The molecule has 27 heavy (non-hydrogen) atoms. The van der Waals surface area contributed by atoms with Crippen molar-refractivity contribution in [3.63, 3.8) is 0 Å². The van der Waals surface area contributed by atoms with Gasteiger partial charge in [0.25, 0.3) is 0 Å². The zero-order valence-electron chi connectivity index (χ0n) is 15.4. The molecule has 5 N–H and O–H groups in total. The highest BCUT2D eigenvalue weighted by Crippen LogP contribution is 2.38. The minimum atomic E-state index is -0.958. The van der Waals surface area contributed by atoms with Crippen LogP contribution in [0, 0.1) is 5.41 Å². The third-order valence-corrected chi connectivity index (χ3v) is 4.66. The molecule has 1 aliphatic heterocycles. The van der Waals surface area contributed by atoms with E-state index in [9.17, 15) is 19.2 Å². The first-order chi connectivity index (χ1) is 12.6. The van der Waals surface area contributed by atoms with Crippen molar-refractivity contribution in [1.29, 1.82) is 0 Å². The minimum absolute atomic E-state index is 0.0141. The molecular formula is C19H25N3O5. The normalized spacial score (nSPS) is 20.9. The fraction of sp³-hybridized carbons (Fsp3) is 0.474. The van der Waals surface area contributed by atoms with Gasteiger partial charge in [-0.2, -0.15) is 0 Å². The minimum Gasteiger partial charge on any atom is -0.370 e. The maximum Gasteiger partial charge on any atom is 0.228 e. The van der Waals surface area contributed by atoms with Crippen LogP contribution in [0.4, 0.5) is 0 Å². The third kappa shape index (κ3) is 5.13. The van der Waals surface area contributed by atoms with Gasteiger partial charge in [-0.05, 0) is 11.0 Å². The molecule has 1 aromatic rings. The molecule has 1 fully saturated rings. The van der Waals surface area contributed by atoms with Crippen molar-refractivity contribution in [2.45, 2.75) is 44.8 Å². The Morgan fingerprint density at radius 3 is 2.37 bits per heavy atom. The molecule has 1 heterocycles. The van der Waals surface area contributed by atoms with Crippen LogP contribution in [0.25, 0.3) is 0 Å². The molecule has 8 heteroatoms. The summed E-state index contributed by atoms with van der Waals surface area (Å²) in [6.45, 7) is 3.34. The van der Waals surface area contributed by atoms with Gasteiger partial charge in [-0.3, -0.25) is 19.2 Å². The number of carbonyl (C=O) groups excluding carboxylic acids is 4. The van der Waals surface area contributed by atoms with Gasteiger partial charge in [0.05, 0.1) is 18.4 Å². The van der Waals surface area contributed by atoms with Gasteiger partial charge in [-0.1, -0.05) is 44.2 Å². The van der Waals surface area contributed by atoms with Crippen LogP contribution in [0.5, 0.6) is 0 Å². The fourth-order valence-corrected chi connectivity index (χ4v) is 3.52. The summed E-state index contributed by atoms with van der Waals surface area (Å²) in [6, 6.07) is 7.99. The van der Waals surface area contributed by atoms with Crippen LogP contribution in [0.2, 0.25) is 0 Å². The van der Waals surface area contributed by atoms with Crippen LogP contribution >= 0.6 is 0 Å². The predicted molar refractivity (Wildman–Crippen MR) is 97.3 cm³/mol. The molecule has 0 bridgehead atoms. The topological polar surface area (TPSA) is 142 Å². The van der Waals surface area contributed by atoms with E-state index in [0.29, 0.717) is 5.56 Å². The number of hydrogen-bond acceptors (Lipinski definition) is 5. The molecule has 1 aliphatic rings. The number of hydrogen-bond donors (Lipinski definition) is 3. The number of rotatable bonds is 8. The largest absolute Gasteiger partial charge is 0.370 e. The second kappa shape index (κ2) is 8.30. The third-order valence-electron chi connectivity index (χ3n) is 4.66. The lowest BCUT2D eigenvalue weighted by Crippen LogP contribution is -2.50. The summed E-state index contributed by atoms with van der Waals surface area (Å²) in [5.41, 5.74) is 10.5. The molecule has 8 nitrogen and oxygen atoms in total. The summed E-state index contributed by atoms with van der Waals surface area (Å²) in [6.07, 6.45) is -0.980. The number of benzene rings is 1. The molecule has 1 aromatic carbocycles. The van der Waals surface area contributed by atoms with E-state index in [2.05, 4.69) is 5.32 Å². The molecule has 3 unspecified atom stereocenters. The Balaban J connectivity index is 2.29. The maximum absolute atomic E-state index is 13.1. The van der Waals surface area contributed by atoms with Crippen molar-refractivity contribution in [3.8, 4) is 0 Å². The zero-order valence-corrected chi connectivity index (χ0v) is 15.4. The first-order valence-corrected chi connectivity index (χ1v) is 8.68. The average Bonchev–Trinajstić information content (AvgIpc) is 2.87. The summed E-state index contributed by atoms with van der Waals surface area (Å²) in [5.74, 6) is -2.64. The summed E-state index contributed by atoms with van der Waals surface area (Å²) in [7, 11) is 0. The molecule has 0 aliphatic carbocycles. The van der Waals surface area contributed by atoms with E-state index in [4.69, 9.17) is 16.2 Å². The van der Waals surface area contributed by atoms with Crippen LogP contribution < -0.4 is 16.8 Å². The molecular weight excluding hydrogens is 350 g/mol. The van der Waals surface area contributed by atoms with Crippen molar-refractivity contribution in [1.82, 2.24) is 5.32 Å². The maximum atomic E-state index is 13.1.